The van der Waals surface area contributed by atoms with Crippen LogP contribution in [-0.4, -0.2) is 52.8 Å². The molecule has 1 fully saturated rings. The van der Waals surface area contributed by atoms with Crippen molar-refractivity contribution in [3.63, 3.8) is 0 Å². The predicted molar refractivity (Wildman–Crippen MR) is 158 cm³/mol. The summed E-state index contributed by atoms with van der Waals surface area (Å²) >= 11 is 12.2. The van der Waals surface area contributed by atoms with Gasteiger partial charge in [-0.2, -0.15) is 5.26 Å². The monoisotopic (exact) mass is 621 g/mol. The highest BCUT2D eigenvalue weighted by Crippen LogP contribution is 2.52. The number of amidine groups is 1. The molecule has 0 saturated carbocycles. The number of hydrogen-bond donors (Lipinski definition) is 6. The van der Waals surface area contributed by atoms with Crippen molar-refractivity contribution in [1.82, 2.24) is 16.0 Å². The van der Waals surface area contributed by atoms with Gasteiger partial charge in [-0.1, -0.05) is 55.2 Å². The van der Waals surface area contributed by atoms with Crippen LogP contribution < -0.4 is 16.0 Å². The number of halogens is 4. The van der Waals surface area contributed by atoms with Crippen LogP contribution in [0.25, 0.3) is 0 Å². The zero-order valence-electron chi connectivity index (χ0n) is 23.7. The maximum atomic E-state index is 15.7. The zero-order chi connectivity index (χ0) is 31.5. The third-order valence-corrected chi connectivity index (χ3v) is 7.79. The van der Waals surface area contributed by atoms with Gasteiger partial charge < -0.3 is 26.2 Å². The molecule has 4 atom stereocenters. The summed E-state index contributed by atoms with van der Waals surface area (Å²) in [5.41, 5.74) is -3.86. The lowest BCUT2D eigenvalue weighted by atomic mass is 9.62. The molecule has 0 unspecified atom stereocenters. The van der Waals surface area contributed by atoms with Gasteiger partial charge in [-0.15, -0.1) is 0 Å². The normalized spacial score (nSPS) is 22.6. The maximum Gasteiger partial charge on any atom is 0.243 e. The Balaban J connectivity index is 2.17. The van der Waals surface area contributed by atoms with Crippen molar-refractivity contribution in [3.8, 4) is 6.07 Å². The Labute approximate surface area is 254 Å². The first-order valence-electron chi connectivity index (χ1n) is 13.3. The summed E-state index contributed by atoms with van der Waals surface area (Å²) in [6.07, 6.45) is 2.74. The zero-order valence-corrected chi connectivity index (χ0v) is 25.2. The standard InChI is InChI=1S/C30H35Cl2F2N5O3/c1-28(2,16-40)13-22-30(14-35,19-9-8-17(31)12-21(19)33)24(18-6-5-7-20(32)25(18)34)26(38-22)27(41)39-23(36)10-11-37-15-29(3,4)42/h5-12,22,24,26,37-38,40,42H,13,15-16H2,1-4H3,(H2,36,39,41)/b11-10-/t22-,24-,26+,30-/m0/s1. The molecular weight excluding hydrogens is 587 g/mol. The van der Waals surface area contributed by atoms with Crippen molar-refractivity contribution in [2.24, 2.45) is 5.41 Å². The first-order valence-corrected chi connectivity index (χ1v) is 14.0. The van der Waals surface area contributed by atoms with Crippen LogP contribution in [0, 0.1) is 33.8 Å². The molecule has 1 saturated heterocycles. The summed E-state index contributed by atoms with van der Waals surface area (Å²) in [6.45, 7) is 6.60. The Morgan fingerprint density at radius 1 is 1.24 bits per heavy atom. The second-order valence-corrected chi connectivity index (χ2v) is 12.7. The van der Waals surface area contributed by atoms with Gasteiger partial charge in [0.1, 0.15) is 22.9 Å². The van der Waals surface area contributed by atoms with Gasteiger partial charge >= 0.3 is 0 Å². The van der Waals surface area contributed by atoms with E-state index in [1.54, 1.807) is 27.7 Å². The smallest absolute Gasteiger partial charge is 0.243 e. The van der Waals surface area contributed by atoms with Gasteiger partial charge in [-0.05, 0) is 55.5 Å². The molecule has 0 aliphatic carbocycles. The van der Waals surface area contributed by atoms with Gasteiger partial charge in [-0.3, -0.25) is 10.2 Å². The summed E-state index contributed by atoms with van der Waals surface area (Å²) in [4.78, 5) is 13.7. The van der Waals surface area contributed by atoms with E-state index in [9.17, 15) is 20.3 Å². The van der Waals surface area contributed by atoms with E-state index in [0.29, 0.717) is 0 Å². The number of carbonyl (C=O) groups is 1. The fraction of sp³-hybridized carbons (Fsp3) is 0.433. The van der Waals surface area contributed by atoms with Gasteiger partial charge in [0.2, 0.25) is 5.91 Å². The quantitative estimate of drug-likeness (QED) is 0.170. The molecule has 1 aliphatic rings. The van der Waals surface area contributed by atoms with Crippen molar-refractivity contribution in [2.75, 3.05) is 13.2 Å². The van der Waals surface area contributed by atoms with Crippen LogP contribution in [0.15, 0.2) is 48.7 Å². The van der Waals surface area contributed by atoms with Crippen molar-refractivity contribution >= 4 is 34.9 Å². The Kier molecular flexibility index (Phi) is 10.4. The second kappa shape index (κ2) is 13.1. The van der Waals surface area contributed by atoms with Crippen LogP contribution in [0.2, 0.25) is 10.0 Å². The van der Waals surface area contributed by atoms with Crippen LogP contribution in [0.4, 0.5) is 8.78 Å². The molecule has 0 radical (unpaired) electrons. The first kappa shape index (κ1) is 33.4. The van der Waals surface area contributed by atoms with E-state index in [4.69, 9.17) is 28.6 Å². The molecule has 2 aromatic rings. The Bertz CT molecular complexity index is 1410. The number of nitriles is 1. The minimum atomic E-state index is -1.87. The lowest BCUT2D eigenvalue weighted by Crippen LogP contribution is -2.47. The molecule has 12 heteroatoms. The summed E-state index contributed by atoms with van der Waals surface area (Å²) in [5.74, 6) is -4.10. The molecule has 0 spiro atoms. The van der Waals surface area contributed by atoms with Crippen LogP contribution in [0.3, 0.4) is 0 Å². The van der Waals surface area contributed by atoms with E-state index in [-0.39, 0.29) is 46.6 Å². The predicted octanol–water partition coefficient (Wildman–Crippen LogP) is 4.53. The van der Waals surface area contributed by atoms with Crippen LogP contribution >= 0.6 is 23.2 Å². The average Bonchev–Trinajstić information content (AvgIpc) is 3.21. The number of benzene rings is 2. The van der Waals surface area contributed by atoms with E-state index in [0.717, 1.165) is 6.07 Å². The number of aliphatic hydroxyl groups is 2. The SMILES string of the molecule is CC(C)(O)CN/C=C\C(=N)NC(=O)[C@@H]1N[C@@H](CC(C)(C)CO)[C@](C#N)(c2ccc(Cl)cc2F)[C@H]1c1cccc(Cl)c1F. The molecule has 0 aromatic heterocycles. The molecule has 1 amide bonds. The van der Waals surface area contributed by atoms with Gasteiger partial charge in [0.15, 0.2) is 0 Å². The highest BCUT2D eigenvalue weighted by atomic mass is 35.5. The Morgan fingerprint density at radius 2 is 1.93 bits per heavy atom. The lowest BCUT2D eigenvalue weighted by Gasteiger charge is -2.38. The third-order valence-electron chi connectivity index (χ3n) is 7.26. The van der Waals surface area contributed by atoms with Crippen LogP contribution in [0.1, 0.15) is 51.2 Å². The topological polar surface area (TPSA) is 141 Å². The molecule has 1 heterocycles. The molecule has 1 aliphatic heterocycles. The molecule has 0 bridgehead atoms. The van der Waals surface area contributed by atoms with Gasteiger partial charge in [-0.25, -0.2) is 8.78 Å². The number of nitrogens with one attached hydrogen (secondary N) is 4. The van der Waals surface area contributed by atoms with E-state index in [1.807, 2.05) is 0 Å². The van der Waals surface area contributed by atoms with Crippen molar-refractivity contribution in [3.05, 3.63) is 81.5 Å². The molecule has 42 heavy (non-hydrogen) atoms. The first-order chi connectivity index (χ1) is 19.6. The Hall–Kier alpha value is -3.07. The number of amides is 1. The van der Waals surface area contributed by atoms with E-state index >= 15 is 8.78 Å². The third kappa shape index (κ3) is 7.28. The van der Waals surface area contributed by atoms with Crippen molar-refractivity contribution in [2.45, 2.75) is 63.1 Å². The van der Waals surface area contributed by atoms with Crippen LogP contribution in [0.5, 0.6) is 0 Å². The van der Waals surface area contributed by atoms with E-state index < -0.39 is 52.0 Å². The summed E-state index contributed by atoms with van der Waals surface area (Å²) < 4.78 is 31.4. The maximum absolute atomic E-state index is 15.7. The molecule has 226 valence electrons. The van der Waals surface area contributed by atoms with Gasteiger partial charge in [0.25, 0.3) is 0 Å². The van der Waals surface area contributed by atoms with Gasteiger partial charge in [0, 0.05) is 41.9 Å². The molecule has 6 N–H and O–H groups in total. The minimum Gasteiger partial charge on any atom is -0.396 e. The fourth-order valence-corrected chi connectivity index (χ4v) is 5.61. The summed E-state index contributed by atoms with van der Waals surface area (Å²) in [6, 6.07) is 7.91. The number of rotatable bonds is 10. The Morgan fingerprint density at radius 3 is 2.52 bits per heavy atom. The largest absolute Gasteiger partial charge is 0.396 e. The average molecular weight is 623 g/mol. The van der Waals surface area contributed by atoms with Crippen LogP contribution in [-0.2, 0) is 10.2 Å². The number of hydrogen-bond acceptors (Lipinski definition) is 7. The number of nitrogens with zero attached hydrogens (tertiary/aromatic N) is 1. The van der Waals surface area contributed by atoms with E-state index in [2.05, 4.69) is 22.0 Å². The minimum absolute atomic E-state index is 0.0840. The second-order valence-electron chi connectivity index (χ2n) is 11.9. The molecule has 2 aromatic carbocycles. The summed E-state index contributed by atoms with van der Waals surface area (Å²) in [5, 5.41) is 47.2. The number of aliphatic hydroxyl groups excluding tert-OH is 1. The van der Waals surface area contributed by atoms with Crippen molar-refractivity contribution < 1.29 is 23.8 Å². The molecule has 8 nitrogen and oxygen atoms in total. The summed E-state index contributed by atoms with van der Waals surface area (Å²) in [7, 11) is 0. The lowest BCUT2D eigenvalue weighted by molar-refractivity contribution is -0.121. The number of carbonyl (C=O) groups excluding carboxylic acids is 1. The van der Waals surface area contributed by atoms with Crippen molar-refractivity contribution in [1.29, 1.82) is 10.7 Å². The molecular formula is C30H35Cl2F2N5O3. The fourth-order valence-electron chi connectivity index (χ4n) is 5.26. The van der Waals surface area contributed by atoms with E-state index in [1.165, 1.54) is 42.6 Å². The van der Waals surface area contributed by atoms with Gasteiger partial charge in [0.05, 0.1) is 22.7 Å². The highest BCUT2D eigenvalue weighted by molar-refractivity contribution is 6.31. The highest BCUT2D eigenvalue weighted by Gasteiger charge is 2.61. The molecule has 3 rings (SSSR count).